The Kier molecular flexibility index (Phi) is 7.17. The van der Waals surface area contributed by atoms with E-state index in [9.17, 15) is 14.4 Å². The smallest absolute Gasteiger partial charge is 0.241 e. The summed E-state index contributed by atoms with van der Waals surface area (Å²) in [5.74, 6) is -0.0401. The zero-order valence-electron chi connectivity index (χ0n) is 21.3. The van der Waals surface area contributed by atoms with Gasteiger partial charge in [0.05, 0.1) is 12.0 Å². The van der Waals surface area contributed by atoms with E-state index in [0.717, 1.165) is 36.0 Å². The predicted octanol–water partition coefficient (Wildman–Crippen LogP) is 4.46. The molecule has 6 heteroatoms. The lowest BCUT2D eigenvalue weighted by molar-refractivity contribution is -0.143. The van der Waals surface area contributed by atoms with Gasteiger partial charge in [-0.25, -0.2) is 0 Å². The molecule has 2 aromatic carbocycles. The van der Waals surface area contributed by atoms with E-state index in [0.29, 0.717) is 19.0 Å². The monoisotopic (exact) mass is 495 g/mol. The first-order valence-electron chi connectivity index (χ1n) is 13.1. The van der Waals surface area contributed by atoms with Crippen LogP contribution in [-0.2, 0) is 32.8 Å². The van der Waals surface area contributed by atoms with Gasteiger partial charge in [0.2, 0.25) is 17.7 Å². The van der Waals surface area contributed by atoms with Crippen LogP contribution in [0.5, 0.6) is 0 Å². The molecule has 2 saturated heterocycles. The Morgan fingerprint density at radius 2 is 1.65 bits per heavy atom. The van der Waals surface area contributed by atoms with Crippen molar-refractivity contribution in [2.24, 2.45) is 5.92 Å². The van der Waals surface area contributed by atoms with Gasteiger partial charge >= 0.3 is 0 Å². The van der Waals surface area contributed by atoms with Gasteiger partial charge < -0.3 is 4.90 Å². The van der Waals surface area contributed by atoms with Crippen molar-refractivity contribution < 1.29 is 14.4 Å². The van der Waals surface area contributed by atoms with E-state index in [1.165, 1.54) is 10.5 Å². The SMILES string of the molecule is Cc1ccccc1[C@@]1(CC(=O)N2CCC(Cc3ccccc3)CC2)CC(=O)N(Cc2cccnc2)C1=O. The Labute approximate surface area is 218 Å². The van der Waals surface area contributed by atoms with Gasteiger partial charge in [-0.2, -0.15) is 0 Å². The second-order valence-corrected chi connectivity index (χ2v) is 10.4. The van der Waals surface area contributed by atoms with Gasteiger partial charge in [-0.05, 0) is 60.4 Å². The van der Waals surface area contributed by atoms with Gasteiger partial charge in [-0.1, -0.05) is 60.7 Å². The summed E-state index contributed by atoms with van der Waals surface area (Å²) >= 11 is 0. The van der Waals surface area contributed by atoms with Gasteiger partial charge in [-0.15, -0.1) is 0 Å². The van der Waals surface area contributed by atoms with E-state index in [2.05, 4.69) is 29.2 Å². The second kappa shape index (κ2) is 10.7. The highest BCUT2D eigenvalue weighted by molar-refractivity contribution is 6.10. The molecule has 0 N–H and O–H groups in total. The number of hydrogen-bond acceptors (Lipinski definition) is 4. The standard InChI is InChI=1S/C31H33N3O3/c1-23-8-5-6-12-27(23)31(20-29(36)34(30(31)37)22-26-11-7-15-32-21-26)19-28(35)33-16-13-25(14-17-33)18-24-9-3-2-4-10-24/h2-12,15,21,25H,13-14,16-20,22H2,1H3/t31-/m1/s1. The molecule has 1 atom stereocenters. The molecule has 5 rings (SSSR count). The molecule has 1 aromatic heterocycles. The Morgan fingerprint density at radius 3 is 2.35 bits per heavy atom. The molecule has 0 aliphatic carbocycles. The van der Waals surface area contributed by atoms with Crippen LogP contribution >= 0.6 is 0 Å². The lowest BCUT2D eigenvalue weighted by Crippen LogP contribution is -2.45. The highest BCUT2D eigenvalue weighted by Crippen LogP contribution is 2.42. The van der Waals surface area contributed by atoms with Crippen molar-refractivity contribution in [1.82, 2.24) is 14.8 Å². The van der Waals surface area contributed by atoms with Crippen LogP contribution in [0.1, 0.15) is 47.9 Å². The lowest BCUT2D eigenvalue weighted by atomic mass is 9.73. The number of carbonyl (C=O) groups is 3. The Balaban J connectivity index is 1.34. The topological polar surface area (TPSA) is 70.6 Å². The second-order valence-electron chi connectivity index (χ2n) is 10.4. The first kappa shape index (κ1) is 24.9. The largest absolute Gasteiger partial charge is 0.343 e. The fraction of sp³-hybridized carbons (Fsp3) is 0.355. The van der Waals surface area contributed by atoms with Gasteiger partial charge in [0, 0.05) is 38.3 Å². The van der Waals surface area contributed by atoms with Crippen LogP contribution in [0, 0.1) is 12.8 Å². The van der Waals surface area contributed by atoms with E-state index in [4.69, 9.17) is 0 Å². The molecule has 0 spiro atoms. The minimum atomic E-state index is -1.18. The summed E-state index contributed by atoms with van der Waals surface area (Å²) in [5, 5.41) is 0. The van der Waals surface area contributed by atoms with Crippen molar-refractivity contribution in [1.29, 1.82) is 0 Å². The normalized spacial score (nSPS) is 20.5. The number of aromatic nitrogens is 1. The summed E-state index contributed by atoms with van der Waals surface area (Å²) in [6.07, 6.45) is 6.25. The summed E-state index contributed by atoms with van der Waals surface area (Å²) in [5.41, 5.74) is 2.63. The number of carbonyl (C=O) groups excluding carboxylic acids is 3. The Hall–Kier alpha value is -3.80. The van der Waals surface area contributed by atoms with Crippen LogP contribution in [0.15, 0.2) is 79.1 Å². The number of aryl methyl sites for hydroxylation is 1. The zero-order valence-corrected chi connectivity index (χ0v) is 21.3. The summed E-state index contributed by atoms with van der Waals surface area (Å²) in [7, 11) is 0. The molecule has 3 amide bonds. The van der Waals surface area contributed by atoms with Gasteiger partial charge in [0.15, 0.2) is 0 Å². The molecule has 190 valence electrons. The maximum atomic E-state index is 14.0. The van der Waals surface area contributed by atoms with Crippen LogP contribution in [0.4, 0.5) is 0 Å². The molecule has 2 fully saturated rings. The number of hydrogen-bond donors (Lipinski definition) is 0. The molecule has 2 aliphatic rings. The van der Waals surface area contributed by atoms with Crippen molar-refractivity contribution in [3.05, 3.63) is 101 Å². The predicted molar refractivity (Wildman–Crippen MR) is 141 cm³/mol. The minimum Gasteiger partial charge on any atom is -0.343 e. The first-order chi connectivity index (χ1) is 18.0. The molecular weight excluding hydrogens is 462 g/mol. The highest BCUT2D eigenvalue weighted by atomic mass is 16.2. The van der Waals surface area contributed by atoms with E-state index < -0.39 is 5.41 Å². The number of likely N-dealkylation sites (tertiary alicyclic amines) is 2. The fourth-order valence-electron chi connectivity index (χ4n) is 5.89. The molecule has 3 aromatic rings. The third kappa shape index (κ3) is 5.19. The first-order valence-corrected chi connectivity index (χ1v) is 13.1. The molecular formula is C31H33N3O3. The summed E-state index contributed by atoms with van der Waals surface area (Å²) in [4.78, 5) is 48.2. The van der Waals surface area contributed by atoms with Crippen LogP contribution < -0.4 is 0 Å². The quantitative estimate of drug-likeness (QED) is 0.454. The molecule has 0 unspecified atom stereocenters. The summed E-state index contributed by atoms with van der Waals surface area (Å²) in [6.45, 7) is 3.47. The number of rotatable bonds is 7. The van der Waals surface area contributed by atoms with Crippen molar-refractivity contribution in [3.8, 4) is 0 Å². The van der Waals surface area contributed by atoms with Crippen LogP contribution in [0.25, 0.3) is 0 Å². The number of pyridine rings is 1. The van der Waals surface area contributed by atoms with Gasteiger partial charge in [-0.3, -0.25) is 24.3 Å². The lowest BCUT2D eigenvalue weighted by Gasteiger charge is -2.35. The maximum absolute atomic E-state index is 14.0. The number of benzene rings is 2. The third-order valence-electron chi connectivity index (χ3n) is 7.92. The van der Waals surface area contributed by atoms with Crippen LogP contribution in [-0.4, -0.2) is 45.6 Å². The number of imide groups is 1. The zero-order chi connectivity index (χ0) is 25.8. The summed E-state index contributed by atoms with van der Waals surface area (Å²) in [6, 6.07) is 21.8. The van der Waals surface area contributed by atoms with Crippen molar-refractivity contribution in [3.63, 3.8) is 0 Å². The average Bonchev–Trinajstić information content (AvgIpc) is 3.15. The minimum absolute atomic E-state index is 0.00710. The molecule has 6 nitrogen and oxygen atoms in total. The highest BCUT2D eigenvalue weighted by Gasteiger charge is 2.54. The van der Waals surface area contributed by atoms with Crippen LogP contribution in [0.2, 0.25) is 0 Å². The molecule has 0 saturated carbocycles. The van der Waals surface area contributed by atoms with Crippen molar-refractivity contribution >= 4 is 17.7 Å². The Bertz CT molecular complexity index is 1270. The van der Waals surface area contributed by atoms with Crippen LogP contribution in [0.3, 0.4) is 0 Å². The number of nitrogens with zero attached hydrogens (tertiary/aromatic N) is 3. The average molecular weight is 496 g/mol. The molecule has 2 aliphatic heterocycles. The van der Waals surface area contributed by atoms with E-state index in [-0.39, 0.29) is 37.1 Å². The van der Waals surface area contributed by atoms with E-state index >= 15 is 0 Å². The summed E-state index contributed by atoms with van der Waals surface area (Å²) < 4.78 is 0. The number of amides is 3. The molecule has 37 heavy (non-hydrogen) atoms. The van der Waals surface area contributed by atoms with Crippen molar-refractivity contribution in [2.45, 2.75) is 51.0 Å². The van der Waals surface area contributed by atoms with Gasteiger partial charge in [0.1, 0.15) is 0 Å². The van der Waals surface area contributed by atoms with E-state index in [1.807, 2.05) is 48.2 Å². The Morgan fingerprint density at radius 1 is 0.946 bits per heavy atom. The number of piperidine rings is 1. The van der Waals surface area contributed by atoms with Crippen molar-refractivity contribution in [2.75, 3.05) is 13.1 Å². The molecule has 0 radical (unpaired) electrons. The molecule has 3 heterocycles. The molecule has 0 bridgehead atoms. The van der Waals surface area contributed by atoms with E-state index in [1.54, 1.807) is 18.5 Å². The fourth-order valence-corrected chi connectivity index (χ4v) is 5.89. The van der Waals surface area contributed by atoms with Gasteiger partial charge in [0.25, 0.3) is 0 Å². The maximum Gasteiger partial charge on any atom is 0.241 e. The third-order valence-corrected chi connectivity index (χ3v) is 7.92.